The summed E-state index contributed by atoms with van der Waals surface area (Å²) in [6, 6.07) is 4.19. The van der Waals surface area contributed by atoms with Gasteiger partial charge in [0.2, 0.25) is 0 Å². The molecule has 1 saturated heterocycles. The molecule has 2 rings (SSSR count). The van der Waals surface area contributed by atoms with Crippen molar-refractivity contribution in [2.24, 2.45) is 0 Å². The molecule has 92 valence electrons. The van der Waals surface area contributed by atoms with Crippen LogP contribution < -0.4 is 4.90 Å². The molecule has 0 bridgehead atoms. The Bertz CT molecular complexity index is 392. The fraction of sp³-hybridized carbons (Fsp3) is 0.385. The number of hydrogen-bond acceptors (Lipinski definition) is 3. The molecule has 0 radical (unpaired) electrons. The second kappa shape index (κ2) is 5.08. The number of nitrogens with zero attached hydrogens (tertiary/aromatic N) is 2. The first kappa shape index (κ1) is 11.8. The summed E-state index contributed by atoms with van der Waals surface area (Å²) < 4.78 is 13.2. The molecular formula is C13H17FN2O. The van der Waals surface area contributed by atoms with Crippen LogP contribution in [0.5, 0.6) is 5.75 Å². The predicted octanol–water partition coefficient (Wildman–Crippen LogP) is 2.19. The van der Waals surface area contributed by atoms with Gasteiger partial charge in [-0.25, -0.2) is 4.39 Å². The van der Waals surface area contributed by atoms with E-state index in [2.05, 4.69) is 16.0 Å². The maximum Gasteiger partial charge on any atom is 0.128 e. The number of piperazine rings is 1. The predicted molar refractivity (Wildman–Crippen MR) is 66.7 cm³/mol. The molecule has 17 heavy (non-hydrogen) atoms. The first-order chi connectivity index (χ1) is 8.19. The van der Waals surface area contributed by atoms with Crippen molar-refractivity contribution < 1.29 is 9.50 Å². The molecule has 0 saturated carbocycles. The van der Waals surface area contributed by atoms with Crippen LogP contribution in [0.25, 0.3) is 0 Å². The van der Waals surface area contributed by atoms with Crippen molar-refractivity contribution in [3.05, 3.63) is 36.3 Å². The summed E-state index contributed by atoms with van der Waals surface area (Å²) in [6.45, 7) is 5.51. The Balaban J connectivity index is 2.05. The molecule has 1 aliphatic rings. The van der Waals surface area contributed by atoms with Gasteiger partial charge in [-0.3, -0.25) is 0 Å². The maximum atomic E-state index is 13.2. The van der Waals surface area contributed by atoms with Gasteiger partial charge in [-0.05, 0) is 19.2 Å². The van der Waals surface area contributed by atoms with Crippen molar-refractivity contribution in [1.82, 2.24) is 4.90 Å². The molecule has 0 atom stereocenters. The van der Waals surface area contributed by atoms with E-state index in [4.69, 9.17) is 0 Å². The fourth-order valence-corrected chi connectivity index (χ4v) is 2.08. The molecule has 1 aliphatic heterocycles. The highest BCUT2D eigenvalue weighted by atomic mass is 19.1. The lowest BCUT2D eigenvalue weighted by atomic mass is 10.2. The van der Waals surface area contributed by atoms with Crippen molar-refractivity contribution in [3.8, 4) is 5.75 Å². The third-order valence-corrected chi connectivity index (χ3v) is 2.91. The third-order valence-electron chi connectivity index (χ3n) is 2.91. The van der Waals surface area contributed by atoms with Crippen LogP contribution in [0.1, 0.15) is 6.92 Å². The van der Waals surface area contributed by atoms with E-state index in [0.717, 1.165) is 37.9 Å². The van der Waals surface area contributed by atoms with E-state index in [0.29, 0.717) is 0 Å². The van der Waals surface area contributed by atoms with Gasteiger partial charge in [-0.2, -0.15) is 0 Å². The molecule has 1 fully saturated rings. The summed E-state index contributed by atoms with van der Waals surface area (Å²) >= 11 is 0. The fourth-order valence-electron chi connectivity index (χ4n) is 2.08. The van der Waals surface area contributed by atoms with Gasteiger partial charge in [0.15, 0.2) is 0 Å². The number of rotatable bonds is 2. The zero-order valence-corrected chi connectivity index (χ0v) is 9.93. The molecule has 0 aromatic heterocycles. The van der Waals surface area contributed by atoms with E-state index in [1.807, 2.05) is 13.0 Å². The van der Waals surface area contributed by atoms with Crippen molar-refractivity contribution in [2.75, 3.05) is 31.1 Å². The maximum absolute atomic E-state index is 13.2. The monoisotopic (exact) mass is 236 g/mol. The first-order valence-electron chi connectivity index (χ1n) is 5.80. The number of allylic oxidation sites excluding steroid dienone is 1. The van der Waals surface area contributed by atoms with Crippen LogP contribution in [0.15, 0.2) is 30.5 Å². The number of halogens is 1. The van der Waals surface area contributed by atoms with Crippen LogP contribution >= 0.6 is 0 Å². The highest BCUT2D eigenvalue weighted by Crippen LogP contribution is 2.23. The third kappa shape index (κ3) is 2.90. The van der Waals surface area contributed by atoms with Gasteiger partial charge < -0.3 is 14.9 Å². The molecule has 0 aliphatic carbocycles. The van der Waals surface area contributed by atoms with Crippen molar-refractivity contribution in [1.29, 1.82) is 0 Å². The summed E-state index contributed by atoms with van der Waals surface area (Å²) in [4.78, 5) is 4.32. The molecule has 1 aromatic rings. The molecule has 0 amide bonds. The number of anilines is 1. The number of hydrogen-bond donors (Lipinski definition) is 1. The quantitative estimate of drug-likeness (QED) is 0.852. The van der Waals surface area contributed by atoms with Gasteiger partial charge >= 0.3 is 0 Å². The molecule has 0 spiro atoms. The topological polar surface area (TPSA) is 26.7 Å². The van der Waals surface area contributed by atoms with E-state index in [9.17, 15) is 9.50 Å². The minimum absolute atomic E-state index is 0.0177. The van der Waals surface area contributed by atoms with E-state index < -0.39 is 5.82 Å². The Hall–Kier alpha value is -1.71. The number of aromatic hydroxyl groups is 1. The Labute approximate surface area is 101 Å². The van der Waals surface area contributed by atoms with E-state index in [1.165, 1.54) is 6.07 Å². The van der Waals surface area contributed by atoms with Gasteiger partial charge in [0.1, 0.15) is 11.6 Å². The highest BCUT2D eigenvalue weighted by Gasteiger charge is 2.15. The van der Waals surface area contributed by atoms with Crippen molar-refractivity contribution in [3.63, 3.8) is 0 Å². The standard InChI is InChI=1S/C13H17FN2O/c1-2-3-15-4-6-16(7-5-15)12-8-11(14)9-13(17)10-12/h2-3,8-10,17H,4-7H2,1H3/b3-2+. The van der Waals surface area contributed by atoms with Gasteiger partial charge in [0.05, 0.1) is 0 Å². The zero-order valence-electron chi connectivity index (χ0n) is 9.93. The van der Waals surface area contributed by atoms with Crippen LogP contribution in [-0.4, -0.2) is 36.2 Å². The molecule has 0 unspecified atom stereocenters. The Kier molecular flexibility index (Phi) is 3.52. The van der Waals surface area contributed by atoms with Gasteiger partial charge in [-0.15, -0.1) is 0 Å². The smallest absolute Gasteiger partial charge is 0.128 e. The Morgan fingerprint density at radius 1 is 1.18 bits per heavy atom. The van der Waals surface area contributed by atoms with Crippen LogP contribution in [0.3, 0.4) is 0 Å². The summed E-state index contributed by atoms with van der Waals surface area (Å²) in [5, 5.41) is 9.37. The van der Waals surface area contributed by atoms with Crippen LogP contribution in [-0.2, 0) is 0 Å². The van der Waals surface area contributed by atoms with E-state index in [-0.39, 0.29) is 5.75 Å². The molecule has 1 N–H and O–H groups in total. The normalized spacial score (nSPS) is 16.8. The minimum Gasteiger partial charge on any atom is -0.508 e. The summed E-state index contributed by atoms with van der Waals surface area (Å²) in [6.07, 6.45) is 4.09. The zero-order chi connectivity index (χ0) is 12.3. The summed E-state index contributed by atoms with van der Waals surface area (Å²) in [7, 11) is 0. The molecule has 3 nitrogen and oxygen atoms in total. The van der Waals surface area contributed by atoms with Gasteiger partial charge in [-0.1, -0.05) is 6.08 Å². The van der Waals surface area contributed by atoms with Gasteiger partial charge in [0, 0.05) is 44.0 Å². The van der Waals surface area contributed by atoms with E-state index in [1.54, 1.807) is 6.07 Å². The SMILES string of the molecule is C/C=C/N1CCN(c2cc(O)cc(F)c2)CC1. The van der Waals surface area contributed by atoms with Gasteiger partial charge in [0.25, 0.3) is 0 Å². The first-order valence-corrected chi connectivity index (χ1v) is 5.80. The molecular weight excluding hydrogens is 219 g/mol. The van der Waals surface area contributed by atoms with Crippen LogP contribution in [0.4, 0.5) is 10.1 Å². The largest absolute Gasteiger partial charge is 0.508 e. The second-order valence-corrected chi connectivity index (χ2v) is 4.17. The lowest BCUT2D eigenvalue weighted by Crippen LogP contribution is -2.44. The Morgan fingerprint density at radius 2 is 1.88 bits per heavy atom. The number of benzene rings is 1. The number of phenolic OH excluding ortho intramolecular Hbond substituents is 1. The summed E-state index contributed by atoms with van der Waals surface area (Å²) in [5.74, 6) is -0.410. The van der Waals surface area contributed by atoms with Crippen molar-refractivity contribution in [2.45, 2.75) is 6.92 Å². The van der Waals surface area contributed by atoms with E-state index >= 15 is 0 Å². The molecule has 1 heterocycles. The van der Waals surface area contributed by atoms with Crippen LogP contribution in [0, 0.1) is 5.82 Å². The lowest BCUT2D eigenvalue weighted by Gasteiger charge is -2.35. The molecule has 4 heteroatoms. The lowest BCUT2D eigenvalue weighted by molar-refractivity contribution is 0.348. The van der Waals surface area contributed by atoms with Crippen molar-refractivity contribution >= 4 is 5.69 Å². The average Bonchev–Trinajstić information content (AvgIpc) is 2.29. The number of phenols is 1. The average molecular weight is 236 g/mol. The summed E-state index contributed by atoms with van der Waals surface area (Å²) in [5.41, 5.74) is 0.752. The molecule has 1 aromatic carbocycles. The second-order valence-electron chi connectivity index (χ2n) is 4.17. The Morgan fingerprint density at radius 3 is 2.47 bits per heavy atom. The van der Waals surface area contributed by atoms with Crippen LogP contribution in [0.2, 0.25) is 0 Å². The minimum atomic E-state index is -0.393. The highest BCUT2D eigenvalue weighted by molar-refractivity contribution is 5.51.